The van der Waals surface area contributed by atoms with Gasteiger partial charge in [0.15, 0.2) is 5.71 Å². The van der Waals surface area contributed by atoms with Crippen LogP contribution >= 0.6 is 0 Å². The van der Waals surface area contributed by atoms with Crippen LogP contribution in [0.2, 0.25) is 0 Å². The zero-order valence-corrected chi connectivity index (χ0v) is 32.6. The summed E-state index contributed by atoms with van der Waals surface area (Å²) < 4.78 is 69.4. The predicted octanol–water partition coefficient (Wildman–Crippen LogP) is 4.75. The first-order valence-electron chi connectivity index (χ1n) is 17.7. The summed E-state index contributed by atoms with van der Waals surface area (Å²) in [6.07, 6.45) is 4.52. The number of aliphatic hydroxyl groups is 1. The molecule has 0 atom stereocenters. The molecule has 2 amide bonds. The zero-order valence-electron chi connectivity index (χ0n) is 30.9. The minimum atomic E-state index is -4.54. The first-order valence-corrected chi connectivity index (χ1v) is 20.6. The number of hydrogen-bond donors (Lipinski definition) is 3. The minimum Gasteiger partial charge on any atom is -0.506 e. The van der Waals surface area contributed by atoms with Crippen LogP contribution in [0.3, 0.4) is 0 Å². The van der Waals surface area contributed by atoms with Crippen LogP contribution in [0.15, 0.2) is 80.9 Å². The van der Waals surface area contributed by atoms with Gasteiger partial charge < -0.3 is 14.8 Å². The Morgan fingerprint density at radius 1 is 0.855 bits per heavy atom. The highest BCUT2D eigenvalue weighted by Gasteiger charge is 2.48. The van der Waals surface area contributed by atoms with Gasteiger partial charge in [-0.05, 0) is 75.6 Å². The predicted molar refractivity (Wildman–Crippen MR) is 198 cm³/mol. The van der Waals surface area contributed by atoms with Crippen LogP contribution in [-0.4, -0.2) is 83.1 Å². The zero-order chi connectivity index (χ0) is 40.4. The number of amides is 2. The molecule has 17 heteroatoms. The summed E-state index contributed by atoms with van der Waals surface area (Å²) in [5, 5.41) is 11.9. The number of hydroxylamine groups is 2. The second-order valence-electron chi connectivity index (χ2n) is 14.9. The smallest absolute Gasteiger partial charge is 0.333 e. The molecule has 292 valence electrons. The van der Waals surface area contributed by atoms with E-state index in [9.17, 15) is 50.2 Å². The Kier molecular flexibility index (Phi) is 10.1. The Balaban J connectivity index is 1.30. The molecule has 0 unspecified atom stereocenters. The van der Waals surface area contributed by atoms with Gasteiger partial charge in [0.05, 0.1) is 26.4 Å². The third-order valence-electron chi connectivity index (χ3n) is 10.7. The van der Waals surface area contributed by atoms with Crippen LogP contribution in [-0.2, 0) is 55.1 Å². The van der Waals surface area contributed by atoms with Crippen molar-refractivity contribution >= 4 is 60.9 Å². The summed E-state index contributed by atoms with van der Waals surface area (Å²) in [6.45, 7) is 10.1. The summed E-state index contributed by atoms with van der Waals surface area (Å²) in [6, 6.07) is 8.52. The second kappa shape index (κ2) is 14.0. The largest absolute Gasteiger partial charge is 0.506 e. The molecule has 2 aromatic rings. The normalized spacial score (nSPS) is 20.5. The average Bonchev–Trinajstić information content (AvgIpc) is 3.62. The Morgan fingerprint density at radius 3 is 2.04 bits per heavy atom. The molecule has 2 aromatic carbocycles. The number of ketones is 1. The minimum absolute atomic E-state index is 0.00812. The lowest BCUT2D eigenvalue weighted by atomic mass is 9.77. The SMILES string of the molecule is CCN1C(=CC2=C(O)C(=CC3=[N+](CCCCCC(=O)ON4C(=O)CCC4=O)c4ccc(S(=O)(=O)O)cc4C3(C)C)C2=O)C(C)(C)c2cc(S(=O)(=O)O)ccc21. The van der Waals surface area contributed by atoms with Crippen LogP contribution in [0.1, 0.15) is 84.3 Å². The molecule has 0 bridgehead atoms. The van der Waals surface area contributed by atoms with E-state index in [-0.39, 0.29) is 46.0 Å². The number of rotatable bonds is 12. The van der Waals surface area contributed by atoms with Gasteiger partial charge in [-0.1, -0.05) is 13.8 Å². The number of allylic oxidation sites excluding steroid dienone is 5. The van der Waals surface area contributed by atoms with E-state index in [2.05, 4.69) is 0 Å². The van der Waals surface area contributed by atoms with Crippen molar-refractivity contribution in [1.29, 1.82) is 0 Å². The van der Waals surface area contributed by atoms with Gasteiger partial charge >= 0.3 is 5.97 Å². The van der Waals surface area contributed by atoms with E-state index in [0.29, 0.717) is 71.3 Å². The van der Waals surface area contributed by atoms with Crippen molar-refractivity contribution in [2.24, 2.45) is 0 Å². The number of anilines is 1. The van der Waals surface area contributed by atoms with Crippen molar-refractivity contribution in [1.82, 2.24) is 5.06 Å². The quantitative estimate of drug-likeness (QED) is 0.0871. The fourth-order valence-corrected chi connectivity index (χ4v) is 8.65. The third kappa shape index (κ3) is 7.05. The first kappa shape index (κ1) is 39.7. The molecule has 0 saturated carbocycles. The average molecular weight is 797 g/mol. The summed E-state index contributed by atoms with van der Waals surface area (Å²) in [5.74, 6) is -2.55. The highest BCUT2D eigenvalue weighted by Crippen LogP contribution is 2.50. The number of nitrogens with zero attached hydrogens (tertiary/aromatic N) is 3. The lowest BCUT2D eigenvalue weighted by Gasteiger charge is -2.28. The topological polar surface area (TPSA) is 216 Å². The maximum Gasteiger partial charge on any atom is 0.333 e. The molecule has 3 aliphatic heterocycles. The number of hydrogen-bond acceptors (Lipinski definition) is 11. The number of carbonyl (C=O) groups is 4. The van der Waals surface area contributed by atoms with Crippen molar-refractivity contribution in [3.8, 4) is 0 Å². The van der Waals surface area contributed by atoms with Crippen LogP contribution in [0, 0.1) is 0 Å². The van der Waals surface area contributed by atoms with Gasteiger partial charge in [0.2, 0.25) is 11.5 Å². The van der Waals surface area contributed by atoms with E-state index in [1.807, 2.05) is 44.1 Å². The summed E-state index contributed by atoms with van der Waals surface area (Å²) in [4.78, 5) is 56.0. The van der Waals surface area contributed by atoms with Crippen LogP contribution < -0.4 is 4.90 Å². The first-order chi connectivity index (χ1) is 25.6. The van der Waals surface area contributed by atoms with Gasteiger partial charge in [-0.2, -0.15) is 21.4 Å². The van der Waals surface area contributed by atoms with Crippen molar-refractivity contribution < 1.29 is 59.6 Å². The van der Waals surface area contributed by atoms with Crippen molar-refractivity contribution in [2.75, 3.05) is 18.0 Å². The van der Waals surface area contributed by atoms with Crippen LogP contribution in [0.25, 0.3) is 0 Å². The van der Waals surface area contributed by atoms with Crippen molar-refractivity contribution in [3.05, 3.63) is 82.3 Å². The lowest BCUT2D eigenvalue weighted by molar-refractivity contribution is -0.438. The van der Waals surface area contributed by atoms with Crippen LogP contribution in [0.5, 0.6) is 0 Å². The van der Waals surface area contributed by atoms with Gasteiger partial charge in [-0.25, -0.2) is 4.79 Å². The fourth-order valence-electron chi connectivity index (χ4n) is 7.64. The monoisotopic (exact) mass is 796 g/mol. The number of aliphatic hydroxyl groups excluding tert-OH is 1. The molecule has 1 saturated heterocycles. The molecule has 0 aromatic heterocycles. The van der Waals surface area contributed by atoms with Crippen LogP contribution in [0.4, 0.5) is 11.4 Å². The molecule has 3 N–H and O–H groups in total. The third-order valence-corrected chi connectivity index (χ3v) is 12.4. The highest BCUT2D eigenvalue weighted by molar-refractivity contribution is 7.86. The van der Waals surface area contributed by atoms with Gasteiger partial charge in [0, 0.05) is 66.7 Å². The molecule has 1 aliphatic carbocycles. The Hall–Kier alpha value is -4.97. The summed E-state index contributed by atoms with van der Waals surface area (Å²) in [5.41, 5.74) is 2.06. The van der Waals surface area contributed by atoms with E-state index >= 15 is 0 Å². The molecule has 55 heavy (non-hydrogen) atoms. The fraction of sp³-hybridized carbons (Fsp3) is 0.395. The number of imide groups is 1. The maximum atomic E-state index is 13.8. The Morgan fingerprint density at radius 2 is 1.45 bits per heavy atom. The maximum absolute atomic E-state index is 13.8. The van der Waals surface area contributed by atoms with Crippen molar-refractivity contribution in [3.63, 3.8) is 0 Å². The van der Waals surface area contributed by atoms with E-state index < -0.39 is 54.6 Å². The van der Waals surface area contributed by atoms with Gasteiger partial charge in [-0.15, -0.1) is 5.06 Å². The number of benzene rings is 2. The van der Waals surface area contributed by atoms with E-state index in [0.717, 1.165) is 0 Å². The Bertz CT molecular complexity index is 2410. The molecule has 15 nitrogen and oxygen atoms in total. The molecule has 6 rings (SSSR count). The number of fused-ring (bicyclic) bond motifs is 2. The standard InChI is InChI=1S/C38H41N3O12S2/c1-6-39-28-13-11-22(54(47,48)49)18-26(28)37(2,3)30(39)20-24-35(45)25(36(24)46)21-31-38(4,5)27-19-23(55(50,51)52)12-14-29(27)40(31)17-9-7-8-10-34(44)53-41-32(42)15-16-33(41)43/h11-14,18-21H,6-10,15-17H2,1-5H3,(H2-,45,46,47,48,49,50,51,52)/p+1. The van der Waals surface area contributed by atoms with Gasteiger partial charge in [-0.3, -0.25) is 23.5 Å². The Labute approximate surface area is 318 Å². The molecule has 0 spiro atoms. The van der Waals surface area contributed by atoms with E-state index in [4.69, 9.17) is 4.84 Å². The number of carbonyl (C=O) groups excluding carboxylic acids is 4. The summed E-state index contributed by atoms with van der Waals surface area (Å²) in [7, 11) is -9.01. The molecule has 3 heterocycles. The molecular weight excluding hydrogens is 755 g/mol. The number of unbranched alkanes of at least 4 members (excludes halogenated alkanes) is 2. The lowest BCUT2D eigenvalue weighted by Crippen LogP contribution is -2.32. The molecule has 0 radical (unpaired) electrons. The van der Waals surface area contributed by atoms with Gasteiger partial charge in [0.25, 0.3) is 32.1 Å². The van der Waals surface area contributed by atoms with Crippen molar-refractivity contribution in [2.45, 2.75) is 93.8 Å². The van der Waals surface area contributed by atoms with E-state index in [1.54, 1.807) is 24.3 Å². The second-order valence-corrected chi connectivity index (χ2v) is 17.7. The molecule has 1 fully saturated rings. The number of likely N-dealkylation sites (N-methyl/N-ethyl adjacent to an activating group) is 1. The molecular formula is C38H42N3O12S2+. The summed E-state index contributed by atoms with van der Waals surface area (Å²) >= 11 is 0. The number of Topliss-reactive ketones (excluding diaryl/α,β-unsaturated/α-hetero) is 1. The van der Waals surface area contributed by atoms with E-state index in [1.165, 1.54) is 24.3 Å². The van der Waals surface area contributed by atoms with Gasteiger partial charge in [0.1, 0.15) is 12.3 Å². The highest BCUT2D eigenvalue weighted by atomic mass is 32.2. The molecule has 4 aliphatic rings.